The molecular formula is C21H23N5O3. The summed E-state index contributed by atoms with van der Waals surface area (Å²) in [5, 5.41) is 9.27. The Morgan fingerprint density at radius 2 is 1.72 bits per heavy atom. The number of piperazine rings is 1. The number of methoxy groups -OCH3 is 2. The first-order valence-corrected chi connectivity index (χ1v) is 9.45. The molecule has 0 spiro atoms. The Morgan fingerprint density at radius 3 is 2.34 bits per heavy atom. The molecule has 8 nitrogen and oxygen atoms in total. The van der Waals surface area contributed by atoms with Gasteiger partial charge >= 0.3 is 0 Å². The Kier molecular flexibility index (Phi) is 5.16. The monoisotopic (exact) mass is 393 g/mol. The fourth-order valence-electron chi connectivity index (χ4n) is 3.60. The van der Waals surface area contributed by atoms with Crippen molar-refractivity contribution in [1.29, 1.82) is 0 Å². The van der Waals surface area contributed by atoms with Gasteiger partial charge in [0.15, 0.2) is 11.5 Å². The Hall–Kier alpha value is -3.42. The summed E-state index contributed by atoms with van der Waals surface area (Å²) in [6.07, 6.45) is 3.58. The smallest absolute Gasteiger partial charge is 0.219 e. The number of carbonyl (C=O) groups excluding carboxylic acids is 1. The number of nitrogens with zero attached hydrogens (tertiary/aromatic N) is 5. The number of anilines is 1. The summed E-state index contributed by atoms with van der Waals surface area (Å²) in [6, 6.07) is 7.77. The van der Waals surface area contributed by atoms with Crippen LogP contribution in [-0.2, 0) is 4.79 Å². The molecule has 1 saturated heterocycles. The van der Waals surface area contributed by atoms with Crippen molar-refractivity contribution < 1.29 is 14.3 Å². The minimum absolute atomic E-state index is 0.122. The molecule has 1 aliphatic rings. The molecule has 1 fully saturated rings. The number of hydrogen-bond donors (Lipinski definition) is 0. The van der Waals surface area contributed by atoms with Gasteiger partial charge in [0, 0.05) is 61.9 Å². The topological polar surface area (TPSA) is 80.7 Å². The van der Waals surface area contributed by atoms with E-state index in [0.717, 1.165) is 54.0 Å². The van der Waals surface area contributed by atoms with E-state index in [1.165, 1.54) is 0 Å². The van der Waals surface area contributed by atoms with Gasteiger partial charge in [-0.05, 0) is 18.2 Å². The van der Waals surface area contributed by atoms with E-state index in [2.05, 4.69) is 20.1 Å². The number of aromatic nitrogens is 3. The van der Waals surface area contributed by atoms with E-state index in [9.17, 15) is 4.79 Å². The normalized spacial score (nSPS) is 14.2. The lowest BCUT2D eigenvalue weighted by Crippen LogP contribution is -2.48. The van der Waals surface area contributed by atoms with Gasteiger partial charge in [-0.25, -0.2) is 4.98 Å². The molecule has 3 heterocycles. The fraction of sp³-hybridized carbons (Fsp3) is 0.333. The van der Waals surface area contributed by atoms with Crippen LogP contribution < -0.4 is 14.4 Å². The second-order valence-corrected chi connectivity index (χ2v) is 6.88. The number of hydrogen-bond acceptors (Lipinski definition) is 7. The lowest BCUT2D eigenvalue weighted by Gasteiger charge is -2.34. The van der Waals surface area contributed by atoms with Crippen LogP contribution in [0, 0.1) is 0 Å². The van der Waals surface area contributed by atoms with E-state index in [1.807, 2.05) is 35.4 Å². The predicted octanol–water partition coefficient (Wildman–Crippen LogP) is 2.38. The Bertz CT molecular complexity index is 1030. The van der Waals surface area contributed by atoms with E-state index < -0.39 is 0 Å². The third-order valence-electron chi connectivity index (χ3n) is 5.25. The average Bonchev–Trinajstić information content (AvgIpc) is 2.77. The van der Waals surface area contributed by atoms with Crippen molar-refractivity contribution >= 4 is 22.6 Å². The van der Waals surface area contributed by atoms with Crippen molar-refractivity contribution in [3.8, 4) is 22.6 Å². The molecule has 0 radical (unpaired) electrons. The van der Waals surface area contributed by atoms with Crippen LogP contribution in [0.4, 0.5) is 5.82 Å². The molecule has 1 amide bonds. The van der Waals surface area contributed by atoms with Crippen LogP contribution in [0.25, 0.3) is 22.0 Å². The van der Waals surface area contributed by atoms with Crippen LogP contribution in [-0.4, -0.2) is 66.4 Å². The zero-order chi connectivity index (χ0) is 20.4. The lowest BCUT2D eigenvalue weighted by molar-refractivity contribution is -0.129. The molecule has 1 aliphatic heterocycles. The zero-order valence-corrected chi connectivity index (χ0v) is 16.8. The molecule has 0 unspecified atom stereocenters. The molecule has 0 saturated carbocycles. The maximum Gasteiger partial charge on any atom is 0.219 e. The molecule has 0 N–H and O–H groups in total. The first-order valence-electron chi connectivity index (χ1n) is 9.45. The first kappa shape index (κ1) is 18.9. The minimum atomic E-state index is 0.122. The standard InChI is InChI=1S/C21H23N5O3/c1-14(27)25-6-8-26(9-7-25)21-5-4-15(12-22-21)17-13-23-24-18-11-20(29-3)19(28-2)10-16(17)18/h4-5,10-13H,6-9H2,1-3H3. The van der Waals surface area contributed by atoms with Crippen molar-refractivity contribution in [1.82, 2.24) is 20.1 Å². The van der Waals surface area contributed by atoms with Gasteiger partial charge in [0.25, 0.3) is 0 Å². The number of rotatable bonds is 4. The number of fused-ring (bicyclic) bond motifs is 1. The highest BCUT2D eigenvalue weighted by Gasteiger charge is 2.19. The average molecular weight is 393 g/mol. The van der Waals surface area contributed by atoms with Crippen LogP contribution in [0.2, 0.25) is 0 Å². The van der Waals surface area contributed by atoms with Crippen molar-refractivity contribution in [2.45, 2.75) is 6.92 Å². The van der Waals surface area contributed by atoms with E-state index in [0.29, 0.717) is 11.5 Å². The van der Waals surface area contributed by atoms with Crippen LogP contribution in [0.15, 0.2) is 36.7 Å². The SMILES string of the molecule is COc1cc2nncc(-c3ccc(N4CCN(C(C)=O)CC4)nc3)c2cc1OC. The number of amides is 1. The van der Waals surface area contributed by atoms with E-state index >= 15 is 0 Å². The predicted molar refractivity (Wildman–Crippen MR) is 110 cm³/mol. The van der Waals surface area contributed by atoms with Crippen molar-refractivity contribution in [3.63, 3.8) is 0 Å². The molecule has 8 heteroatoms. The van der Waals surface area contributed by atoms with Gasteiger partial charge in [-0.15, -0.1) is 0 Å². The summed E-state index contributed by atoms with van der Waals surface area (Å²) in [7, 11) is 3.21. The van der Waals surface area contributed by atoms with Gasteiger partial charge in [0.1, 0.15) is 5.82 Å². The molecule has 4 rings (SSSR count). The summed E-state index contributed by atoms with van der Waals surface area (Å²) in [6.45, 7) is 4.62. The third kappa shape index (κ3) is 3.65. The number of carbonyl (C=O) groups is 1. The molecule has 2 aromatic heterocycles. The quantitative estimate of drug-likeness (QED) is 0.673. The largest absolute Gasteiger partial charge is 0.493 e. The van der Waals surface area contributed by atoms with Crippen molar-refractivity contribution in [2.24, 2.45) is 0 Å². The van der Waals surface area contributed by atoms with Crippen LogP contribution in [0.3, 0.4) is 0 Å². The number of ether oxygens (including phenoxy) is 2. The van der Waals surface area contributed by atoms with E-state index in [4.69, 9.17) is 9.47 Å². The van der Waals surface area contributed by atoms with Crippen LogP contribution in [0.1, 0.15) is 6.92 Å². The minimum Gasteiger partial charge on any atom is -0.493 e. The molecule has 3 aromatic rings. The van der Waals surface area contributed by atoms with Crippen molar-refractivity contribution in [3.05, 3.63) is 36.7 Å². The zero-order valence-electron chi connectivity index (χ0n) is 16.8. The second-order valence-electron chi connectivity index (χ2n) is 6.88. The van der Waals surface area contributed by atoms with Crippen molar-refractivity contribution in [2.75, 3.05) is 45.3 Å². The highest BCUT2D eigenvalue weighted by atomic mass is 16.5. The summed E-state index contributed by atoms with van der Waals surface area (Å²) in [5.41, 5.74) is 2.60. The van der Waals surface area contributed by atoms with E-state index in [1.54, 1.807) is 27.3 Å². The Labute approximate surface area is 169 Å². The summed E-state index contributed by atoms with van der Waals surface area (Å²) < 4.78 is 10.8. The molecule has 0 bridgehead atoms. The highest BCUT2D eigenvalue weighted by Crippen LogP contribution is 2.35. The molecule has 0 aliphatic carbocycles. The molecule has 29 heavy (non-hydrogen) atoms. The van der Waals surface area contributed by atoms with Gasteiger partial charge in [-0.2, -0.15) is 10.2 Å². The van der Waals surface area contributed by atoms with Gasteiger partial charge in [0.05, 0.1) is 25.9 Å². The molecule has 1 aromatic carbocycles. The van der Waals surface area contributed by atoms with E-state index in [-0.39, 0.29) is 5.91 Å². The van der Waals surface area contributed by atoms with Gasteiger partial charge in [-0.1, -0.05) is 0 Å². The summed E-state index contributed by atoms with van der Waals surface area (Å²) in [4.78, 5) is 20.2. The van der Waals surface area contributed by atoms with Gasteiger partial charge < -0.3 is 19.3 Å². The maximum atomic E-state index is 11.5. The molecule has 150 valence electrons. The van der Waals surface area contributed by atoms with Gasteiger partial charge in [0.2, 0.25) is 5.91 Å². The third-order valence-corrected chi connectivity index (χ3v) is 5.25. The van der Waals surface area contributed by atoms with Crippen LogP contribution in [0.5, 0.6) is 11.5 Å². The summed E-state index contributed by atoms with van der Waals surface area (Å²) >= 11 is 0. The lowest BCUT2D eigenvalue weighted by atomic mass is 10.0. The molecule has 0 atom stereocenters. The fourth-order valence-corrected chi connectivity index (χ4v) is 3.60. The van der Waals surface area contributed by atoms with Crippen LogP contribution >= 0.6 is 0 Å². The number of pyridine rings is 1. The second kappa shape index (κ2) is 7.90. The Morgan fingerprint density at radius 1 is 1.00 bits per heavy atom. The Balaban J connectivity index is 1.62. The number of benzene rings is 1. The first-order chi connectivity index (χ1) is 14.1. The van der Waals surface area contributed by atoms with Gasteiger partial charge in [-0.3, -0.25) is 4.79 Å². The maximum absolute atomic E-state index is 11.5. The molecular weight excluding hydrogens is 370 g/mol. The summed E-state index contributed by atoms with van der Waals surface area (Å²) in [5.74, 6) is 2.28. The highest BCUT2D eigenvalue weighted by molar-refractivity contribution is 5.95.